The Bertz CT molecular complexity index is 449. The molecule has 0 aliphatic heterocycles. The predicted octanol–water partition coefficient (Wildman–Crippen LogP) is 4.44. The van der Waals surface area contributed by atoms with E-state index < -0.39 is 0 Å². The molecular weight excluding hydrogens is 263 g/mol. The maximum atomic E-state index is 13.6. The first-order valence-electron chi connectivity index (χ1n) is 7.85. The van der Waals surface area contributed by atoms with Crippen molar-refractivity contribution in [1.82, 2.24) is 5.32 Å². The highest BCUT2D eigenvalue weighted by Gasteiger charge is 2.25. The lowest BCUT2D eigenvalue weighted by Gasteiger charge is -2.38. The van der Waals surface area contributed by atoms with Crippen LogP contribution >= 0.6 is 0 Å². The fraction of sp³-hybridized carbons (Fsp3) is 0.667. The number of nitrogens with one attached hydrogen (secondary N) is 1. The molecule has 21 heavy (non-hydrogen) atoms. The monoisotopic (exact) mass is 294 g/mol. The standard InChI is InChI=1S/C18H31FN2/c1-13(2)11-20-12-15-10-16(19)8-9-17(15)21(7)14(3)18(4,5)6/h8-10,13-14,20H,11-12H2,1-7H3. The van der Waals surface area contributed by atoms with Gasteiger partial charge in [-0.25, -0.2) is 4.39 Å². The molecule has 1 unspecified atom stereocenters. The average molecular weight is 294 g/mol. The van der Waals surface area contributed by atoms with E-state index in [0.29, 0.717) is 18.5 Å². The second kappa shape index (κ2) is 7.26. The van der Waals surface area contributed by atoms with Crippen molar-refractivity contribution in [2.24, 2.45) is 11.3 Å². The normalized spacial score (nSPS) is 13.6. The fourth-order valence-corrected chi connectivity index (χ4v) is 2.32. The molecule has 1 atom stereocenters. The van der Waals surface area contributed by atoms with Crippen molar-refractivity contribution in [3.8, 4) is 0 Å². The van der Waals surface area contributed by atoms with Gasteiger partial charge in [-0.3, -0.25) is 0 Å². The maximum absolute atomic E-state index is 13.6. The lowest BCUT2D eigenvalue weighted by atomic mass is 9.86. The van der Waals surface area contributed by atoms with Crippen LogP contribution in [-0.4, -0.2) is 19.6 Å². The van der Waals surface area contributed by atoms with Gasteiger partial charge in [0, 0.05) is 25.3 Å². The van der Waals surface area contributed by atoms with Crippen LogP contribution in [0, 0.1) is 17.2 Å². The number of halogens is 1. The minimum absolute atomic E-state index is 0.170. The van der Waals surface area contributed by atoms with Gasteiger partial charge >= 0.3 is 0 Å². The molecule has 0 radical (unpaired) electrons. The summed E-state index contributed by atoms with van der Waals surface area (Å²) in [7, 11) is 2.09. The van der Waals surface area contributed by atoms with Crippen LogP contribution in [0.25, 0.3) is 0 Å². The van der Waals surface area contributed by atoms with E-state index in [4.69, 9.17) is 0 Å². The molecule has 1 aromatic rings. The zero-order chi connectivity index (χ0) is 16.2. The Morgan fingerprint density at radius 1 is 1.19 bits per heavy atom. The van der Waals surface area contributed by atoms with Gasteiger partial charge in [0.15, 0.2) is 0 Å². The second-order valence-electron chi connectivity index (χ2n) is 7.45. The Labute approximate surface area is 129 Å². The van der Waals surface area contributed by atoms with E-state index in [0.717, 1.165) is 17.8 Å². The molecule has 1 aromatic carbocycles. The maximum Gasteiger partial charge on any atom is 0.123 e. The molecule has 2 nitrogen and oxygen atoms in total. The lowest BCUT2D eigenvalue weighted by Crippen LogP contribution is -2.40. The molecule has 0 aromatic heterocycles. The van der Waals surface area contributed by atoms with Crippen LogP contribution in [0.1, 0.15) is 47.1 Å². The van der Waals surface area contributed by atoms with Gasteiger partial charge in [-0.1, -0.05) is 34.6 Å². The van der Waals surface area contributed by atoms with Crippen LogP contribution in [0.4, 0.5) is 10.1 Å². The Morgan fingerprint density at radius 2 is 1.81 bits per heavy atom. The molecule has 0 fully saturated rings. The second-order valence-corrected chi connectivity index (χ2v) is 7.45. The third-order valence-electron chi connectivity index (χ3n) is 4.12. The van der Waals surface area contributed by atoms with Gasteiger partial charge < -0.3 is 10.2 Å². The third-order valence-corrected chi connectivity index (χ3v) is 4.12. The zero-order valence-corrected chi connectivity index (χ0v) is 14.6. The molecule has 0 spiro atoms. The van der Waals surface area contributed by atoms with Crippen molar-refractivity contribution < 1.29 is 4.39 Å². The van der Waals surface area contributed by atoms with Gasteiger partial charge in [0.05, 0.1) is 0 Å². The predicted molar refractivity (Wildman–Crippen MR) is 90.3 cm³/mol. The van der Waals surface area contributed by atoms with Gasteiger partial charge in [-0.2, -0.15) is 0 Å². The molecule has 0 saturated carbocycles. The number of benzene rings is 1. The van der Waals surface area contributed by atoms with E-state index >= 15 is 0 Å². The van der Waals surface area contributed by atoms with Crippen LogP contribution in [0.2, 0.25) is 0 Å². The summed E-state index contributed by atoms with van der Waals surface area (Å²) in [6.45, 7) is 14.9. The van der Waals surface area contributed by atoms with E-state index in [9.17, 15) is 4.39 Å². The lowest BCUT2D eigenvalue weighted by molar-refractivity contribution is 0.329. The Balaban J connectivity index is 2.95. The average Bonchev–Trinajstić information content (AvgIpc) is 2.35. The zero-order valence-electron chi connectivity index (χ0n) is 14.6. The number of nitrogens with zero attached hydrogens (tertiary/aromatic N) is 1. The molecule has 0 saturated heterocycles. The highest BCUT2D eigenvalue weighted by atomic mass is 19.1. The molecular formula is C18H31FN2. The van der Waals surface area contributed by atoms with Gasteiger partial charge in [-0.05, 0) is 48.6 Å². The molecule has 1 rings (SSSR count). The molecule has 0 heterocycles. The van der Waals surface area contributed by atoms with Gasteiger partial charge in [0.25, 0.3) is 0 Å². The summed E-state index contributed by atoms with van der Waals surface area (Å²) in [5.74, 6) is 0.421. The van der Waals surface area contributed by atoms with Crippen molar-refractivity contribution in [3.05, 3.63) is 29.6 Å². The third kappa shape index (κ3) is 5.31. The molecule has 0 aliphatic carbocycles. The van der Waals surface area contributed by atoms with Crippen LogP contribution in [-0.2, 0) is 6.54 Å². The Hall–Kier alpha value is -1.09. The first kappa shape index (κ1) is 18.0. The number of rotatable bonds is 6. The summed E-state index contributed by atoms with van der Waals surface area (Å²) in [4.78, 5) is 2.26. The SMILES string of the molecule is CC(C)CNCc1cc(F)ccc1N(C)C(C)C(C)(C)C. The summed E-state index contributed by atoms with van der Waals surface area (Å²) in [5.41, 5.74) is 2.30. The van der Waals surface area contributed by atoms with Crippen LogP contribution in [0.3, 0.4) is 0 Å². The first-order valence-corrected chi connectivity index (χ1v) is 7.85. The minimum atomic E-state index is -0.170. The fourth-order valence-electron chi connectivity index (χ4n) is 2.32. The molecule has 0 bridgehead atoms. The Kier molecular flexibility index (Phi) is 6.21. The van der Waals surface area contributed by atoms with Crippen molar-refractivity contribution in [2.45, 2.75) is 54.1 Å². The first-order chi connectivity index (χ1) is 9.62. The van der Waals surface area contributed by atoms with Crippen molar-refractivity contribution in [2.75, 3.05) is 18.5 Å². The topological polar surface area (TPSA) is 15.3 Å². The summed E-state index contributed by atoms with van der Waals surface area (Å²) < 4.78 is 13.6. The molecule has 0 aliphatic rings. The van der Waals surface area contributed by atoms with E-state index in [-0.39, 0.29) is 11.2 Å². The van der Waals surface area contributed by atoms with Crippen molar-refractivity contribution in [1.29, 1.82) is 0 Å². The van der Waals surface area contributed by atoms with Crippen LogP contribution in [0.15, 0.2) is 18.2 Å². The van der Waals surface area contributed by atoms with E-state index in [1.165, 1.54) is 0 Å². The van der Waals surface area contributed by atoms with Crippen molar-refractivity contribution in [3.63, 3.8) is 0 Å². The highest BCUT2D eigenvalue weighted by molar-refractivity contribution is 5.54. The largest absolute Gasteiger partial charge is 0.371 e. The number of hydrogen-bond donors (Lipinski definition) is 1. The number of hydrogen-bond acceptors (Lipinski definition) is 2. The van der Waals surface area contributed by atoms with E-state index in [1.54, 1.807) is 12.1 Å². The summed E-state index contributed by atoms with van der Waals surface area (Å²) in [6.07, 6.45) is 0. The minimum Gasteiger partial charge on any atom is -0.371 e. The molecule has 3 heteroatoms. The summed E-state index contributed by atoms with van der Waals surface area (Å²) >= 11 is 0. The van der Waals surface area contributed by atoms with Gasteiger partial charge in [-0.15, -0.1) is 0 Å². The van der Waals surface area contributed by atoms with Crippen LogP contribution < -0.4 is 10.2 Å². The summed E-state index contributed by atoms with van der Waals surface area (Å²) in [5, 5.41) is 3.41. The van der Waals surface area contributed by atoms with Gasteiger partial charge in [0.2, 0.25) is 0 Å². The summed E-state index contributed by atoms with van der Waals surface area (Å²) in [6, 6.07) is 5.46. The van der Waals surface area contributed by atoms with E-state index in [2.05, 4.69) is 58.8 Å². The smallest absolute Gasteiger partial charge is 0.123 e. The highest BCUT2D eigenvalue weighted by Crippen LogP contribution is 2.29. The van der Waals surface area contributed by atoms with E-state index in [1.807, 2.05) is 6.07 Å². The van der Waals surface area contributed by atoms with Gasteiger partial charge in [0.1, 0.15) is 5.82 Å². The van der Waals surface area contributed by atoms with Crippen molar-refractivity contribution >= 4 is 5.69 Å². The Morgan fingerprint density at radius 3 is 2.33 bits per heavy atom. The molecule has 1 N–H and O–H groups in total. The molecule has 0 amide bonds. The quantitative estimate of drug-likeness (QED) is 0.834. The number of anilines is 1. The molecule has 120 valence electrons. The van der Waals surface area contributed by atoms with Crippen LogP contribution in [0.5, 0.6) is 0 Å².